The summed E-state index contributed by atoms with van der Waals surface area (Å²) in [7, 11) is 0. The van der Waals surface area contributed by atoms with Gasteiger partial charge in [0.2, 0.25) is 11.8 Å². The first-order valence-corrected chi connectivity index (χ1v) is 7.79. The molecule has 22 heavy (non-hydrogen) atoms. The number of pyridine rings is 1. The van der Waals surface area contributed by atoms with Crippen LogP contribution in [-0.2, 0) is 9.59 Å². The first-order chi connectivity index (χ1) is 10.6. The van der Waals surface area contributed by atoms with Crippen LogP contribution in [-0.4, -0.2) is 54.4 Å². The second-order valence-electron chi connectivity index (χ2n) is 5.75. The molecule has 2 rings (SSSR count). The molecule has 0 aliphatic carbocycles. The molecule has 120 valence electrons. The Balaban J connectivity index is 1.72. The molecule has 0 unspecified atom stereocenters. The Hall–Kier alpha value is -2.11. The second-order valence-corrected chi connectivity index (χ2v) is 5.75. The van der Waals surface area contributed by atoms with Crippen LogP contribution < -0.4 is 10.2 Å². The molecule has 0 atom stereocenters. The van der Waals surface area contributed by atoms with Crippen molar-refractivity contribution in [2.75, 3.05) is 37.6 Å². The van der Waals surface area contributed by atoms with Gasteiger partial charge in [0, 0.05) is 51.3 Å². The molecule has 1 aromatic heterocycles. The summed E-state index contributed by atoms with van der Waals surface area (Å²) in [6.07, 6.45) is 2.15. The Bertz CT molecular complexity index is 496. The predicted octanol–water partition coefficient (Wildman–Crippen LogP) is 0.892. The van der Waals surface area contributed by atoms with Crippen LogP contribution in [0.4, 0.5) is 5.82 Å². The van der Waals surface area contributed by atoms with Crippen LogP contribution in [0.3, 0.4) is 0 Å². The zero-order valence-electron chi connectivity index (χ0n) is 13.3. The van der Waals surface area contributed by atoms with E-state index in [0.29, 0.717) is 26.1 Å². The summed E-state index contributed by atoms with van der Waals surface area (Å²) < 4.78 is 0. The van der Waals surface area contributed by atoms with Crippen LogP contribution >= 0.6 is 0 Å². The third-order valence-corrected chi connectivity index (χ3v) is 3.77. The fourth-order valence-electron chi connectivity index (χ4n) is 2.38. The molecule has 0 spiro atoms. The van der Waals surface area contributed by atoms with E-state index < -0.39 is 0 Å². The molecule has 0 radical (unpaired) electrons. The van der Waals surface area contributed by atoms with Crippen molar-refractivity contribution in [2.45, 2.75) is 20.3 Å². The maximum atomic E-state index is 12.1. The van der Waals surface area contributed by atoms with Crippen LogP contribution in [0.5, 0.6) is 0 Å². The summed E-state index contributed by atoms with van der Waals surface area (Å²) in [6, 6.07) is 5.85. The van der Waals surface area contributed by atoms with Gasteiger partial charge in [-0.3, -0.25) is 9.59 Å². The third kappa shape index (κ3) is 4.44. The van der Waals surface area contributed by atoms with Crippen molar-refractivity contribution >= 4 is 17.6 Å². The lowest BCUT2D eigenvalue weighted by Crippen LogP contribution is -2.49. The highest BCUT2D eigenvalue weighted by Gasteiger charge is 2.21. The van der Waals surface area contributed by atoms with E-state index in [1.807, 2.05) is 36.9 Å². The first kappa shape index (κ1) is 16.3. The summed E-state index contributed by atoms with van der Waals surface area (Å²) in [5.41, 5.74) is 0. The van der Waals surface area contributed by atoms with Gasteiger partial charge in [-0.2, -0.15) is 0 Å². The number of anilines is 1. The highest BCUT2D eigenvalue weighted by Crippen LogP contribution is 2.12. The van der Waals surface area contributed by atoms with Gasteiger partial charge in [0.15, 0.2) is 0 Å². The predicted molar refractivity (Wildman–Crippen MR) is 85.5 cm³/mol. The first-order valence-electron chi connectivity index (χ1n) is 7.79. The standard InChI is InChI=1S/C16H24N4O2/c1-13(2)16(22)18-8-6-15(21)20-11-9-19(10-12-20)14-5-3-4-7-17-14/h3-5,7,13H,6,8-12H2,1-2H3,(H,18,22). The molecular weight excluding hydrogens is 280 g/mol. The molecule has 1 N–H and O–H groups in total. The normalized spacial score (nSPS) is 15.0. The fourth-order valence-corrected chi connectivity index (χ4v) is 2.38. The lowest BCUT2D eigenvalue weighted by Gasteiger charge is -2.35. The van der Waals surface area contributed by atoms with Crippen LogP contribution in [0.1, 0.15) is 20.3 Å². The summed E-state index contributed by atoms with van der Waals surface area (Å²) in [6.45, 7) is 7.08. The smallest absolute Gasteiger partial charge is 0.224 e. The summed E-state index contributed by atoms with van der Waals surface area (Å²) in [4.78, 5) is 32.0. The van der Waals surface area contributed by atoms with E-state index in [1.54, 1.807) is 6.20 Å². The Labute approximate surface area is 131 Å². The number of carbonyl (C=O) groups is 2. The molecule has 1 saturated heterocycles. The molecule has 0 aromatic carbocycles. The van der Waals surface area contributed by atoms with Gasteiger partial charge >= 0.3 is 0 Å². The van der Waals surface area contributed by atoms with Crippen LogP contribution in [0.25, 0.3) is 0 Å². The van der Waals surface area contributed by atoms with Crippen LogP contribution in [0.2, 0.25) is 0 Å². The molecule has 0 bridgehead atoms. The molecule has 6 heteroatoms. The zero-order chi connectivity index (χ0) is 15.9. The number of hydrogen-bond donors (Lipinski definition) is 1. The van der Waals surface area contributed by atoms with Crippen molar-refractivity contribution in [3.8, 4) is 0 Å². The number of carbonyl (C=O) groups excluding carboxylic acids is 2. The Kier molecular flexibility index (Phi) is 5.75. The van der Waals surface area contributed by atoms with E-state index in [-0.39, 0.29) is 17.7 Å². The van der Waals surface area contributed by atoms with Crippen molar-refractivity contribution in [1.29, 1.82) is 0 Å². The summed E-state index contributed by atoms with van der Waals surface area (Å²) in [5.74, 6) is 1.01. The van der Waals surface area contributed by atoms with Gasteiger partial charge in [-0.15, -0.1) is 0 Å². The molecule has 1 aromatic rings. The van der Waals surface area contributed by atoms with E-state index in [4.69, 9.17) is 0 Å². The quantitative estimate of drug-likeness (QED) is 0.877. The number of nitrogens with one attached hydrogen (secondary N) is 1. The summed E-state index contributed by atoms with van der Waals surface area (Å²) in [5, 5.41) is 2.78. The fraction of sp³-hybridized carbons (Fsp3) is 0.562. The van der Waals surface area contributed by atoms with Crippen molar-refractivity contribution in [3.05, 3.63) is 24.4 Å². The monoisotopic (exact) mass is 304 g/mol. The Morgan fingerprint density at radius 2 is 1.95 bits per heavy atom. The van der Waals surface area contributed by atoms with E-state index in [1.165, 1.54) is 0 Å². The Morgan fingerprint density at radius 3 is 2.55 bits per heavy atom. The number of nitrogens with zero attached hydrogens (tertiary/aromatic N) is 3. The topological polar surface area (TPSA) is 65.5 Å². The van der Waals surface area contributed by atoms with Gasteiger partial charge in [0.25, 0.3) is 0 Å². The summed E-state index contributed by atoms with van der Waals surface area (Å²) >= 11 is 0. The van der Waals surface area contributed by atoms with E-state index >= 15 is 0 Å². The maximum absolute atomic E-state index is 12.1. The van der Waals surface area contributed by atoms with Gasteiger partial charge in [0.1, 0.15) is 5.82 Å². The average molecular weight is 304 g/mol. The van der Waals surface area contributed by atoms with Crippen molar-refractivity contribution in [2.24, 2.45) is 5.92 Å². The lowest BCUT2D eigenvalue weighted by atomic mass is 10.2. The maximum Gasteiger partial charge on any atom is 0.224 e. The molecule has 2 amide bonds. The highest BCUT2D eigenvalue weighted by atomic mass is 16.2. The van der Waals surface area contributed by atoms with E-state index in [0.717, 1.165) is 18.9 Å². The van der Waals surface area contributed by atoms with Crippen LogP contribution in [0, 0.1) is 5.92 Å². The van der Waals surface area contributed by atoms with Gasteiger partial charge < -0.3 is 15.1 Å². The van der Waals surface area contributed by atoms with Crippen molar-refractivity contribution in [3.63, 3.8) is 0 Å². The van der Waals surface area contributed by atoms with Crippen molar-refractivity contribution in [1.82, 2.24) is 15.2 Å². The van der Waals surface area contributed by atoms with Gasteiger partial charge in [-0.05, 0) is 12.1 Å². The number of rotatable bonds is 5. The van der Waals surface area contributed by atoms with Gasteiger partial charge in [0.05, 0.1) is 0 Å². The number of amides is 2. The molecule has 0 saturated carbocycles. The molecule has 1 aliphatic heterocycles. The third-order valence-electron chi connectivity index (χ3n) is 3.77. The molecular formula is C16H24N4O2. The largest absolute Gasteiger partial charge is 0.355 e. The average Bonchev–Trinajstić information content (AvgIpc) is 2.55. The molecule has 1 fully saturated rings. The van der Waals surface area contributed by atoms with Crippen molar-refractivity contribution < 1.29 is 9.59 Å². The minimum Gasteiger partial charge on any atom is -0.355 e. The highest BCUT2D eigenvalue weighted by molar-refractivity contribution is 5.80. The molecule has 6 nitrogen and oxygen atoms in total. The Morgan fingerprint density at radius 1 is 1.23 bits per heavy atom. The minimum absolute atomic E-state index is 0.00669. The van der Waals surface area contributed by atoms with E-state index in [9.17, 15) is 9.59 Å². The van der Waals surface area contributed by atoms with Gasteiger partial charge in [-0.1, -0.05) is 19.9 Å². The SMILES string of the molecule is CC(C)C(=O)NCCC(=O)N1CCN(c2ccccn2)CC1. The molecule has 1 aliphatic rings. The minimum atomic E-state index is -0.0444. The number of piperazine rings is 1. The molecule has 2 heterocycles. The zero-order valence-corrected chi connectivity index (χ0v) is 13.3. The van der Waals surface area contributed by atoms with Crippen LogP contribution in [0.15, 0.2) is 24.4 Å². The lowest BCUT2D eigenvalue weighted by molar-refractivity contribution is -0.131. The number of hydrogen-bond acceptors (Lipinski definition) is 4. The van der Waals surface area contributed by atoms with E-state index in [2.05, 4.69) is 15.2 Å². The van der Waals surface area contributed by atoms with Gasteiger partial charge in [-0.25, -0.2) is 4.98 Å². The number of aromatic nitrogens is 1. The second kappa shape index (κ2) is 7.77.